The lowest BCUT2D eigenvalue weighted by atomic mass is 10.1. The molecular formula is C23H46IN5O2. The highest BCUT2D eigenvalue weighted by Crippen LogP contribution is 2.18. The molecule has 0 saturated carbocycles. The summed E-state index contributed by atoms with van der Waals surface area (Å²) >= 11 is 0. The molecule has 1 N–H and O–H groups in total. The Morgan fingerprint density at radius 2 is 1.87 bits per heavy atom. The topological polar surface area (TPSA) is 52.6 Å². The van der Waals surface area contributed by atoms with Crippen LogP contribution in [0.15, 0.2) is 4.99 Å². The number of hydrogen-bond donors (Lipinski definition) is 1. The Morgan fingerprint density at radius 3 is 2.61 bits per heavy atom. The van der Waals surface area contributed by atoms with Gasteiger partial charge in [-0.2, -0.15) is 0 Å². The van der Waals surface area contributed by atoms with Crippen LogP contribution in [0.1, 0.15) is 51.9 Å². The summed E-state index contributed by atoms with van der Waals surface area (Å²) in [5.74, 6) is 1.09. The molecule has 0 aromatic carbocycles. The number of likely N-dealkylation sites (N-methyl/N-ethyl adjacent to an activating group) is 1. The molecule has 182 valence electrons. The van der Waals surface area contributed by atoms with Crippen molar-refractivity contribution in [2.24, 2.45) is 4.99 Å². The van der Waals surface area contributed by atoms with Crippen molar-refractivity contribution in [2.45, 2.75) is 64.1 Å². The zero-order valence-corrected chi connectivity index (χ0v) is 22.2. The van der Waals surface area contributed by atoms with Gasteiger partial charge >= 0.3 is 0 Å². The van der Waals surface area contributed by atoms with Crippen molar-refractivity contribution in [1.29, 1.82) is 0 Å². The second-order valence-corrected chi connectivity index (χ2v) is 9.10. The number of ether oxygens (including phenoxy) is 2. The fraction of sp³-hybridized carbons (Fsp3) is 0.957. The van der Waals surface area contributed by atoms with Crippen LogP contribution in [0, 0.1) is 0 Å². The molecule has 31 heavy (non-hydrogen) atoms. The Balaban J connectivity index is 0.00000341. The predicted molar refractivity (Wildman–Crippen MR) is 139 cm³/mol. The number of nitrogens with one attached hydrogen (secondary N) is 1. The average molecular weight is 552 g/mol. The number of guanidine groups is 1. The van der Waals surface area contributed by atoms with Gasteiger partial charge in [0.2, 0.25) is 0 Å². The Morgan fingerprint density at radius 1 is 1.03 bits per heavy atom. The number of likely N-dealkylation sites (tertiary alicyclic amines) is 1. The molecule has 7 nitrogen and oxygen atoms in total. The first-order valence-corrected chi connectivity index (χ1v) is 12.4. The SMILES string of the molecule is CCNC(=NCCCN1CCCN(C)CC1)N1CCC(OCC2CCCCO2)CC1.I. The molecule has 0 aliphatic carbocycles. The van der Waals surface area contributed by atoms with Crippen LogP contribution in [0.4, 0.5) is 0 Å². The van der Waals surface area contributed by atoms with E-state index in [0.717, 1.165) is 77.6 Å². The van der Waals surface area contributed by atoms with Gasteiger partial charge in [0.15, 0.2) is 5.96 Å². The van der Waals surface area contributed by atoms with Gasteiger partial charge in [0.1, 0.15) is 0 Å². The average Bonchev–Trinajstić information content (AvgIpc) is 2.99. The third kappa shape index (κ3) is 10.1. The van der Waals surface area contributed by atoms with E-state index in [1.807, 2.05) is 0 Å². The molecule has 0 aromatic rings. The molecule has 0 spiro atoms. The van der Waals surface area contributed by atoms with Crippen LogP contribution in [-0.4, -0.2) is 112 Å². The molecule has 0 radical (unpaired) electrons. The second kappa shape index (κ2) is 15.6. The summed E-state index contributed by atoms with van der Waals surface area (Å²) < 4.78 is 12.0. The van der Waals surface area contributed by atoms with Gasteiger partial charge in [-0.15, -0.1) is 24.0 Å². The van der Waals surface area contributed by atoms with Crippen molar-refractivity contribution in [3.8, 4) is 0 Å². The van der Waals surface area contributed by atoms with Gasteiger partial charge in [-0.25, -0.2) is 0 Å². The zero-order valence-electron chi connectivity index (χ0n) is 19.9. The first-order valence-electron chi connectivity index (χ1n) is 12.4. The van der Waals surface area contributed by atoms with Crippen molar-refractivity contribution in [3.63, 3.8) is 0 Å². The summed E-state index contributed by atoms with van der Waals surface area (Å²) in [5, 5.41) is 3.50. The number of halogens is 1. The summed E-state index contributed by atoms with van der Waals surface area (Å²) in [6, 6.07) is 0. The van der Waals surface area contributed by atoms with Crippen LogP contribution < -0.4 is 5.32 Å². The smallest absolute Gasteiger partial charge is 0.193 e. The third-order valence-corrected chi connectivity index (χ3v) is 6.57. The van der Waals surface area contributed by atoms with Gasteiger partial charge in [-0.3, -0.25) is 4.99 Å². The normalized spacial score (nSPS) is 25.2. The number of nitrogens with zero attached hydrogens (tertiary/aromatic N) is 4. The number of hydrogen-bond acceptors (Lipinski definition) is 5. The maximum Gasteiger partial charge on any atom is 0.193 e. The second-order valence-electron chi connectivity index (χ2n) is 9.10. The Hall–Kier alpha value is -0.160. The van der Waals surface area contributed by atoms with E-state index >= 15 is 0 Å². The van der Waals surface area contributed by atoms with Crippen molar-refractivity contribution < 1.29 is 9.47 Å². The predicted octanol–water partition coefficient (Wildman–Crippen LogP) is 2.65. The van der Waals surface area contributed by atoms with E-state index in [4.69, 9.17) is 14.5 Å². The van der Waals surface area contributed by atoms with E-state index in [1.54, 1.807) is 0 Å². The van der Waals surface area contributed by atoms with Gasteiger partial charge in [-0.1, -0.05) is 0 Å². The molecule has 0 aromatic heterocycles. The molecule has 8 heteroatoms. The largest absolute Gasteiger partial charge is 0.376 e. The van der Waals surface area contributed by atoms with E-state index in [9.17, 15) is 0 Å². The Bertz CT molecular complexity index is 496. The van der Waals surface area contributed by atoms with Crippen LogP contribution in [0.3, 0.4) is 0 Å². The van der Waals surface area contributed by atoms with Crippen LogP contribution >= 0.6 is 24.0 Å². The summed E-state index contributed by atoms with van der Waals surface area (Å²) in [6.45, 7) is 13.7. The fourth-order valence-electron chi connectivity index (χ4n) is 4.65. The van der Waals surface area contributed by atoms with Gasteiger partial charge in [-0.05, 0) is 78.6 Å². The summed E-state index contributed by atoms with van der Waals surface area (Å²) in [4.78, 5) is 12.4. The Labute approximate surface area is 207 Å². The lowest BCUT2D eigenvalue weighted by Crippen LogP contribution is -2.47. The summed E-state index contributed by atoms with van der Waals surface area (Å²) in [5.41, 5.74) is 0. The highest BCUT2D eigenvalue weighted by atomic mass is 127. The molecular weight excluding hydrogens is 505 g/mol. The molecule has 0 amide bonds. The van der Waals surface area contributed by atoms with Crippen LogP contribution in [0.5, 0.6) is 0 Å². The quantitative estimate of drug-likeness (QED) is 0.217. The standard InChI is InChI=1S/C23H45N5O2.HI/c1-3-24-23(25-11-6-13-27-14-7-12-26(2)17-18-27)28-15-9-21(10-16-28)30-20-22-8-4-5-19-29-22;/h21-22H,3-20H2,1-2H3,(H,24,25);1H. The highest BCUT2D eigenvalue weighted by molar-refractivity contribution is 14.0. The monoisotopic (exact) mass is 551 g/mol. The molecule has 3 aliphatic heterocycles. The number of piperidine rings is 1. The fourth-order valence-corrected chi connectivity index (χ4v) is 4.65. The number of aliphatic imine (C=N–C) groups is 1. The molecule has 1 atom stereocenters. The molecule has 3 rings (SSSR count). The van der Waals surface area contributed by atoms with E-state index in [-0.39, 0.29) is 24.0 Å². The van der Waals surface area contributed by atoms with Crippen LogP contribution in [-0.2, 0) is 9.47 Å². The highest BCUT2D eigenvalue weighted by Gasteiger charge is 2.23. The maximum atomic E-state index is 6.17. The van der Waals surface area contributed by atoms with E-state index in [0.29, 0.717) is 12.2 Å². The summed E-state index contributed by atoms with van der Waals surface area (Å²) in [7, 11) is 2.23. The van der Waals surface area contributed by atoms with Crippen LogP contribution in [0.2, 0.25) is 0 Å². The molecule has 3 aliphatic rings. The van der Waals surface area contributed by atoms with E-state index in [2.05, 4.69) is 34.0 Å². The third-order valence-electron chi connectivity index (χ3n) is 6.57. The van der Waals surface area contributed by atoms with Crippen molar-refractivity contribution in [2.75, 3.05) is 79.2 Å². The molecule has 0 bridgehead atoms. The molecule has 3 saturated heterocycles. The van der Waals surface area contributed by atoms with Crippen LogP contribution in [0.25, 0.3) is 0 Å². The lowest BCUT2D eigenvalue weighted by Gasteiger charge is -2.35. The van der Waals surface area contributed by atoms with Gasteiger partial charge in [0.05, 0.1) is 18.8 Å². The van der Waals surface area contributed by atoms with Crippen molar-refractivity contribution >= 4 is 29.9 Å². The number of rotatable bonds is 8. The minimum absolute atomic E-state index is 0. The first kappa shape index (κ1) is 27.1. The molecule has 3 fully saturated rings. The first-order chi connectivity index (χ1) is 14.7. The molecule has 3 heterocycles. The van der Waals surface area contributed by atoms with Gasteiger partial charge in [0, 0.05) is 45.9 Å². The summed E-state index contributed by atoms with van der Waals surface area (Å²) in [6.07, 6.45) is 8.92. The van der Waals surface area contributed by atoms with Crippen molar-refractivity contribution in [1.82, 2.24) is 20.0 Å². The van der Waals surface area contributed by atoms with Gasteiger partial charge in [0.25, 0.3) is 0 Å². The minimum Gasteiger partial charge on any atom is -0.376 e. The van der Waals surface area contributed by atoms with E-state index in [1.165, 1.54) is 45.4 Å². The van der Waals surface area contributed by atoms with Crippen molar-refractivity contribution in [3.05, 3.63) is 0 Å². The maximum absolute atomic E-state index is 6.17. The van der Waals surface area contributed by atoms with E-state index < -0.39 is 0 Å². The lowest BCUT2D eigenvalue weighted by molar-refractivity contribution is -0.0721. The minimum atomic E-state index is 0. The molecule has 1 unspecified atom stereocenters. The zero-order chi connectivity index (χ0) is 21.0. The van der Waals surface area contributed by atoms with Gasteiger partial charge < -0.3 is 29.5 Å². The Kier molecular flexibility index (Phi) is 13.7.